The normalized spacial score (nSPS) is 11.6. The van der Waals surface area contributed by atoms with Crippen LogP contribution < -0.4 is 4.73 Å². The molecule has 0 saturated carbocycles. The van der Waals surface area contributed by atoms with E-state index >= 15 is 0 Å². The molecule has 0 aliphatic carbocycles. The van der Waals surface area contributed by atoms with Crippen molar-refractivity contribution in [3.63, 3.8) is 0 Å². The number of aryl methyl sites for hydroxylation is 2. The van der Waals surface area contributed by atoms with Crippen LogP contribution in [-0.4, -0.2) is 10.9 Å². The van der Waals surface area contributed by atoms with Gasteiger partial charge in [-0.15, -0.1) is 0 Å². The van der Waals surface area contributed by atoms with Crippen LogP contribution in [0.2, 0.25) is 0 Å². The average Bonchev–Trinajstić information content (AvgIpc) is 2.42. The molecule has 0 amide bonds. The van der Waals surface area contributed by atoms with Crippen molar-refractivity contribution < 1.29 is 9.94 Å². The second-order valence-corrected chi connectivity index (χ2v) is 4.54. The van der Waals surface area contributed by atoms with E-state index in [1.165, 1.54) is 0 Å². The van der Waals surface area contributed by atoms with Crippen molar-refractivity contribution in [2.24, 2.45) is 5.16 Å². The van der Waals surface area contributed by atoms with E-state index in [0.29, 0.717) is 23.5 Å². The minimum Gasteiger partial charge on any atom is -0.618 e. The molecule has 0 radical (unpaired) electrons. The van der Waals surface area contributed by atoms with Crippen LogP contribution in [-0.2, 0) is 6.42 Å². The van der Waals surface area contributed by atoms with Gasteiger partial charge in [0.15, 0.2) is 11.4 Å². The van der Waals surface area contributed by atoms with Gasteiger partial charge in [-0.2, -0.15) is 4.73 Å². The van der Waals surface area contributed by atoms with Gasteiger partial charge in [0.05, 0.1) is 12.1 Å². The standard InChI is InChI=1S/C15H16N2O2/c1-11-6-8-13(9-7-11)15(16-18)10-14-5-3-4-12(2)17(14)19/h3-9,18H,10H2,1-2H3. The Balaban J connectivity index is 2.30. The van der Waals surface area contributed by atoms with Crippen molar-refractivity contribution >= 4 is 5.71 Å². The van der Waals surface area contributed by atoms with Gasteiger partial charge in [0.2, 0.25) is 0 Å². The number of aromatic nitrogens is 1. The zero-order valence-corrected chi connectivity index (χ0v) is 11.0. The van der Waals surface area contributed by atoms with E-state index in [4.69, 9.17) is 5.21 Å². The number of oxime groups is 1. The number of pyridine rings is 1. The molecule has 0 atom stereocenters. The molecule has 0 fully saturated rings. The molecular formula is C15H16N2O2. The van der Waals surface area contributed by atoms with Gasteiger partial charge in [0, 0.05) is 19.1 Å². The smallest absolute Gasteiger partial charge is 0.199 e. The highest BCUT2D eigenvalue weighted by Gasteiger charge is 2.13. The fourth-order valence-electron chi connectivity index (χ4n) is 1.90. The van der Waals surface area contributed by atoms with Crippen molar-refractivity contribution in [2.45, 2.75) is 20.3 Å². The Morgan fingerprint density at radius 1 is 1.16 bits per heavy atom. The molecule has 0 aliphatic heterocycles. The summed E-state index contributed by atoms with van der Waals surface area (Å²) in [7, 11) is 0. The van der Waals surface area contributed by atoms with Crippen LogP contribution in [0.25, 0.3) is 0 Å². The Morgan fingerprint density at radius 2 is 1.84 bits per heavy atom. The van der Waals surface area contributed by atoms with Crippen LogP contribution in [0.15, 0.2) is 47.6 Å². The molecule has 0 spiro atoms. The van der Waals surface area contributed by atoms with Gasteiger partial charge in [0.1, 0.15) is 0 Å². The van der Waals surface area contributed by atoms with Crippen LogP contribution in [0.1, 0.15) is 22.5 Å². The fraction of sp³-hybridized carbons (Fsp3) is 0.200. The minimum absolute atomic E-state index is 0.296. The van der Waals surface area contributed by atoms with E-state index in [1.54, 1.807) is 19.1 Å². The number of benzene rings is 1. The maximum atomic E-state index is 11.9. The number of hydrogen-bond acceptors (Lipinski definition) is 3. The lowest BCUT2D eigenvalue weighted by Crippen LogP contribution is -2.36. The lowest BCUT2D eigenvalue weighted by atomic mass is 10.0. The molecule has 0 unspecified atom stereocenters. The monoisotopic (exact) mass is 256 g/mol. The van der Waals surface area contributed by atoms with Crippen LogP contribution >= 0.6 is 0 Å². The van der Waals surface area contributed by atoms with E-state index < -0.39 is 0 Å². The topological polar surface area (TPSA) is 59.5 Å². The van der Waals surface area contributed by atoms with Crippen LogP contribution in [0.4, 0.5) is 0 Å². The van der Waals surface area contributed by atoms with E-state index in [-0.39, 0.29) is 0 Å². The van der Waals surface area contributed by atoms with E-state index in [0.717, 1.165) is 15.9 Å². The summed E-state index contributed by atoms with van der Waals surface area (Å²) in [6, 6.07) is 13.0. The summed E-state index contributed by atoms with van der Waals surface area (Å²) in [4.78, 5) is 0. The molecule has 1 heterocycles. The van der Waals surface area contributed by atoms with Crippen LogP contribution in [0, 0.1) is 19.1 Å². The van der Waals surface area contributed by atoms with Gasteiger partial charge in [-0.25, -0.2) is 0 Å². The first-order chi connectivity index (χ1) is 9.11. The van der Waals surface area contributed by atoms with Crippen molar-refractivity contribution in [2.75, 3.05) is 0 Å². The number of hydrogen-bond donors (Lipinski definition) is 1. The third-order valence-corrected chi connectivity index (χ3v) is 3.06. The zero-order chi connectivity index (χ0) is 13.8. The van der Waals surface area contributed by atoms with E-state index in [2.05, 4.69) is 5.16 Å². The molecule has 0 saturated heterocycles. The molecule has 1 N–H and O–H groups in total. The fourth-order valence-corrected chi connectivity index (χ4v) is 1.90. The molecule has 0 bridgehead atoms. The van der Waals surface area contributed by atoms with E-state index in [1.807, 2.05) is 37.3 Å². The summed E-state index contributed by atoms with van der Waals surface area (Å²) in [6.07, 6.45) is 0.296. The van der Waals surface area contributed by atoms with Crippen LogP contribution in [0.5, 0.6) is 0 Å². The summed E-state index contributed by atoms with van der Waals surface area (Å²) < 4.78 is 0.860. The molecule has 1 aromatic heterocycles. The van der Waals surface area contributed by atoms with Gasteiger partial charge in [-0.1, -0.05) is 35.0 Å². The Morgan fingerprint density at radius 3 is 2.47 bits per heavy atom. The lowest BCUT2D eigenvalue weighted by Gasteiger charge is -2.08. The summed E-state index contributed by atoms with van der Waals surface area (Å²) in [5.41, 5.74) is 3.62. The van der Waals surface area contributed by atoms with Gasteiger partial charge in [-0.05, 0) is 18.6 Å². The van der Waals surface area contributed by atoms with Crippen molar-refractivity contribution in [1.29, 1.82) is 0 Å². The minimum atomic E-state index is 0.296. The first kappa shape index (κ1) is 13.1. The maximum Gasteiger partial charge on any atom is 0.199 e. The Bertz CT molecular complexity index is 604. The molecule has 2 rings (SSSR count). The van der Waals surface area contributed by atoms with Gasteiger partial charge in [0.25, 0.3) is 0 Å². The van der Waals surface area contributed by atoms with Gasteiger partial charge in [-0.3, -0.25) is 0 Å². The average molecular weight is 256 g/mol. The molecular weight excluding hydrogens is 240 g/mol. The van der Waals surface area contributed by atoms with Crippen molar-refractivity contribution in [3.8, 4) is 0 Å². The first-order valence-corrected chi connectivity index (χ1v) is 6.08. The first-order valence-electron chi connectivity index (χ1n) is 6.08. The van der Waals surface area contributed by atoms with Gasteiger partial charge < -0.3 is 10.4 Å². The van der Waals surface area contributed by atoms with E-state index in [9.17, 15) is 5.21 Å². The summed E-state index contributed by atoms with van der Waals surface area (Å²) in [5.74, 6) is 0. The molecule has 4 nitrogen and oxygen atoms in total. The highest BCUT2D eigenvalue weighted by Crippen LogP contribution is 2.08. The van der Waals surface area contributed by atoms with Crippen molar-refractivity contribution in [1.82, 2.24) is 0 Å². The zero-order valence-electron chi connectivity index (χ0n) is 11.0. The highest BCUT2D eigenvalue weighted by molar-refractivity contribution is 6.01. The Labute approximate surface area is 112 Å². The molecule has 4 heteroatoms. The summed E-state index contributed by atoms with van der Waals surface area (Å²) in [5, 5.41) is 24.4. The molecule has 0 aliphatic rings. The third-order valence-electron chi connectivity index (χ3n) is 3.06. The van der Waals surface area contributed by atoms with Gasteiger partial charge >= 0.3 is 0 Å². The Kier molecular flexibility index (Phi) is 3.80. The summed E-state index contributed by atoms with van der Waals surface area (Å²) >= 11 is 0. The predicted octanol–water partition coefficient (Wildman–Crippen LogP) is 2.36. The molecule has 1 aromatic carbocycles. The largest absolute Gasteiger partial charge is 0.618 e. The van der Waals surface area contributed by atoms with Crippen LogP contribution in [0.3, 0.4) is 0 Å². The SMILES string of the molecule is Cc1ccc(C(Cc2cccc(C)[n+]2[O-])=NO)cc1. The third kappa shape index (κ3) is 2.91. The molecule has 19 heavy (non-hydrogen) atoms. The predicted molar refractivity (Wildman–Crippen MR) is 73.3 cm³/mol. The quantitative estimate of drug-likeness (QED) is 0.301. The summed E-state index contributed by atoms with van der Waals surface area (Å²) in [6.45, 7) is 3.74. The lowest BCUT2D eigenvalue weighted by molar-refractivity contribution is -0.619. The van der Waals surface area contributed by atoms with Crippen molar-refractivity contribution in [3.05, 3.63) is 70.2 Å². The number of nitrogens with zero attached hydrogens (tertiary/aromatic N) is 2. The Hall–Kier alpha value is -2.36. The second-order valence-electron chi connectivity index (χ2n) is 4.54. The second kappa shape index (κ2) is 5.52. The highest BCUT2D eigenvalue weighted by atomic mass is 16.5. The molecule has 98 valence electrons. The maximum absolute atomic E-state index is 11.9. The molecule has 2 aromatic rings. The number of rotatable bonds is 3.